The van der Waals surface area contributed by atoms with Gasteiger partial charge in [0.15, 0.2) is 11.5 Å². The fourth-order valence-electron chi connectivity index (χ4n) is 5.48. The lowest BCUT2D eigenvalue weighted by atomic mass is 9.98. The van der Waals surface area contributed by atoms with E-state index in [9.17, 15) is 14.7 Å². The third-order valence-corrected chi connectivity index (χ3v) is 7.29. The minimum atomic E-state index is -0.581. The van der Waals surface area contributed by atoms with Gasteiger partial charge in [-0.15, -0.1) is 0 Å². The molecular weight excluding hydrogens is 468 g/mol. The molecule has 0 bridgehead atoms. The highest BCUT2D eigenvalue weighted by Crippen LogP contribution is 2.48. The number of aromatic hydroxyl groups is 1. The van der Waals surface area contributed by atoms with E-state index in [0.29, 0.717) is 33.6 Å². The molecule has 2 aromatic heterocycles. The molecule has 5 aromatic rings. The smallest absolute Gasteiger partial charge is 0.331 e. The van der Waals surface area contributed by atoms with Gasteiger partial charge in [0, 0.05) is 25.2 Å². The Morgan fingerprint density at radius 3 is 2.41 bits per heavy atom. The Balaban J connectivity index is 1.88. The number of phenolic OH excluding ortho intramolecular Hbond substituents is 1. The molecule has 8 heteroatoms. The zero-order valence-electron chi connectivity index (χ0n) is 20.9. The number of nitrogens with one attached hydrogen (secondary N) is 1. The number of rotatable bonds is 3. The molecular formula is C29H26N4O4. The van der Waals surface area contributed by atoms with Crippen LogP contribution in [0.3, 0.4) is 0 Å². The van der Waals surface area contributed by atoms with Crippen LogP contribution in [0, 0.1) is 6.92 Å². The van der Waals surface area contributed by atoms with Crippen molar-refractivity contribution >= 4 is 16.6 Å². The summed E-state index contributed by atoms with van der Waals surface area (Å²) in [7, 11) is 4.68. The van der Waals surface area contributed by atoms with E-state index in [1.54, 1.807) is 13.1 Å². The molecule has 0 saturated heterocycles. The fraction of sp³-hybridized carbons (Fsp3) is 0.172. The Morgan fingerprint density at radius 2 is 1.65 bits per heavy atom. The third-order valence-electron chi connectivity index (χ3n) is 7.29. The SMILES string of the molecule is COc1cccc(C2Nc3ccccc3-n3c(-c4ccccc4C)c4c(=O)n(C)c(=O)n(C)c4c32)c1O. The van der Waals surface area contributed by atoms with Crippen LogP contribution in [0.15, 0.2) is 76.3 Å². The van der Waals surface area contributed by atoms with E-state index < -0.39 is 11.7 Å². The number of benzene rings is 3. The molecule has 37 heavy (non-hydrogen) atoms. The van der Waals surface area contributed by atoms with E-state index in [2.05, 4.69) is 9.88 Å². The quantitative estimate of drug-likeness (QED) is 0.392. The Labute approximate surface area is 212 Å². The fourth-order valence-corrected chi connectivity index (χ4v) is 5.48. The van der Waals surface area contributed by atoms with Crippen LogP contribution >= 0.6 is 0 Å². The lowest BCUT2D eigenvalue weighted by Crippen LogP contribution is -2.37. The summed E-state index contributed by atoms with van der Waals surface area (Å²) in [4.78, 5) is 27.0. The van der Waals surface area contributed by atoms with Crippen LogP contribution in [0.5, 0.6) is 11.5 Å². The van der Waals surface area contributed by atoms with Gasteiger partial charge in [-0.05, 0) is 30.7 Å². The van der Waals surface area contributed by atoms with Crippen molar-refractivity contribution in [2.75, 3.05) is 12.4 Å². The van der Waals surface area contributed by atoms with Crippen LogP contribution in [-0.2, 0) is 14.1 Å². The van der Waals surface area contributed by atoms with Gasteiger partial charge in [0.25, 0.3) is 5.56 Å². The predicted molar refractivity (Wildman–Crippen MR) is 144 cm³/mol. The molecule has 0 amide bonds. The Hall–Kier alpha value is -4.72. The number of aromatic nitrogens is 3. The predicted octanol–water partition coefficient (Wildman–Crippen LogP) is 4.23. The Kier molecular flexibility index (Phi) is 5.01. The van der Waals surface area contributed by atoms with Crippen molar-refractivity contribution in [3.05, 3.63) is 104 Å². The monoisotopic (exact) mass is 494 g/mol. The van der Waals surface area contributed by atoms with Gasteiger partial charge in [0.05, 0.1) is 46.8 Å². The molecule has 0 fully saturated rings. The molecule has 2 N–H and O–H groups in total. The zero-order valence-corrected chi connectivity index (χ0v) is 20.9. The number of methoxy groups -OCH3 is 1. The number of para-hydroxylation sites is 3. The van der Waals surface area contributed by atoms with E-state index >= 15 is 0 Å². The number of hydrogen-bond acceptors (Lipinski definition) is 5. The Morgan fingerprint density at radius 1 is 0.919 bits per heavy atom. The van der Waals surface area contributed by atoms with Crippen molar-refractivity contribution in [1.82, 2.24) is 13.7 Å². The van der Waals surface area contributed by atoms with E-state index in [1.165, 1.54) is 18.7 Å². The summed E-state index contributed by atoms with van der Waals surface area (Å²) in [5.41, 5.74) is 5.25. The van der Waals surface area contributed by atoms with Crippen molar-refractivity contribution in [3.63, 3.8) is 0 Å². The number of phenols is 1. The summed E-state index contributed by atoms with van der Waals surface area (Å²) in [5, 5.41) is 15.2. The summed E-state index contributed by atoms with van der Waals surface area (Å²) in [6.45, 7) is 2.01. The van der Waals surface area contributed by atoms with Gasteiger partial charge in [0.2, 0.25) is 0 Å². The maximum Gasteiger partial charge on any atom is 0.331 e. The van der Waals surface area contributed by atoms with Crippen LogP contribution in [0.2, 0.25) is 0 Å². The molecule has 0 saturated carbocycles. The second kappa shape index (κ2) is 8.16. The topological polar surface area (TPSA) is 90.4 Å². The maximum atomic E-state index is 13.8. The molecule has 1 atom stereocenters. The van der Waals surface area contributed by atoms with E-state index in [4.69, 9.17) is 4.74 Å². The summed E-state index contributed by atoms with van der Waals surface area (Å²) >= 11 is 0. The average Bonchev–Trinajstić information content (AvgIpc) is 3.27. The normalized spacial score (nSPS) is 14.2. The lowest BCUT2D eigenvalue weighted by Gasteiger charge is -2.31. The number of aryl methyl sites for hydroxylation is 2. The molecule has 8 nitrogen and oxygen atoms in total. The summed E-state index contributed by atoms with van der Waals surface area (Å²) in [6, 6.07) is 20.5. The van der Waals surface area contributed by atoms with Crippen LogP contribution < -0.4 is 21.3 Å². The first-order valence-corrected chi connectivity index (χ1v) is 12.0. The molecule has 0 radical (unpaired) electrons. The molecule has 186 valence electrons. The van der Waals surface area contributed by atoms with Gasteiger partial charge in [-0.2, -0.15) is 0 Å². The lowest BCUT2D eigenvalue weighted by molar-refractivity contribution is 0.370. The second-order valence-corrected chi connectivity index (χ2v) is 9.31. The largest absolute Gasteiger partial charge is 0.504 e. The van der Waals surface area contributed by atoms with Gasteiger partial charge < -0.3 is 19.7 Å². The molecule has 0 aliphatic carbocycles. The van der Waals surface area contributed by atoms with Gasteiger partial charge in [-0.3, -0.25) is 13.9 Å². The molecule has 3 aromatic carbocycles. The highest BCUT2D eigenvalue weighted by Gasteiger charge is 2.36. The van der Waals surface area contributed by atoms with Crippen molar-refractivity contribution < 1.29 is 9.84 Å². The molecule has 6 rings (SSSR count). The first-order chi connectivity index (χ1) is 17.8. The van der Waals surface area contributed by atoms with Crippen LogP contribution in [-0.4, -0.2) is 25.9 Å². The van der Waals surface area contributed by atoms with Gasteiger partial charge in [0.1, 0.15) is 0 Å². The minimum Gasteiger partial charge on any atom is -0.504 e. The summed E-state index contributed by atoms with van der Waals surface area (Å²) < 4.78 is 10.1. The molecule has 0 spiro atoms. The zero-order chi connectivity index (χ0) is 26.0. The van der Waals surface area contributed by atoms with Crippen molar-refractivity contribution in [2.24, 2.45) is 14.1 Å². The highest BCUT2D eigenvalue weighted by molar-refractivity contribution is 6.00. The van der Waals surface area contributed by atoms with Crippen LogP contribution in [0.1, 0.15) is 22.9 Å². The second-order valence-electron chi connectivity index (χ2n) is 9.31. The standard InChI is InChI=1S/C29H26N4O4/c1-16-10-5-6-11-17(16)24-22-25(31(2)29(36)32(3)28(22)35)26-23(18-12-9-15-21(37-4)27(18)34)30-19-13-7-8-14-20(19)33(24)26/h5-15,23,30,34H,1-4H3. The van der Waals surface area contributed by atoms with Crippen molar-refractivity contribution in [1.29, 1.82) is 0 Å². The van der Waals surface area contributed by atoms with Gasteiger partial charge in [-0.25, -0.2) is 4.79 Å². The molecule has 3 heterocycles. The number of ether oxygens (including phenoxy) is 1. The van der Waals surface area contributed by atoms with E-state index in [0.717, 1.165) is 27.1 Å². The maximum absolute atomic E-state index is 13.8. The summed E-state index contributed by atoms with van der Waals surface area (Å²) in [6.07, 6.45) is 0. The Bertz CT molecular complexity index is 1840. The van der Waals surface area contributed by atoms with Crippen molar-refractivity contribution in [3.8, 4) is 28.4 Å². The van der Waals surface area contributed by atoms with Gasteiger partial charge in [-0.1, -0.05) is 48.5 Å². The highest BCUT2D eigenvalue weighted by atomic mass is 16.5. The number of hydrogen-bond donors (Lipinski definition) is 2. The molecule has 1 aliphatic rings. The van der Waals surface area contributed by atoms with E-state index in [1.807, 2.05) is 67.6 Å². The first kappa shape index (κ1) is 22.7. The average molecular weight is 495 g/mol. The number of nitrogens with zero attached hydrogens (tertiary/aromatic N) is 3. The number of anilines is 1. The van der Waals surface area contributed by atoms with E-state index in [-0.39, 0.29) is 11.3 Å². The molecule has 1 unspecified atom stereocenters. The third kappa shape index (κ3) is 3.08. The van der Waals surface area contributed by atoms with Crippen LogP contribution in [0.25, 0.3) is 27.8 Å². The number of fused-ring (bicyclic) bond motifs is 5. The minimum absolute atomic E-state index is 0.00550. The summed E-state index contributed by atoms with van der Waals surface area (Å²) in [5.74, 6) is 0.332. The molecule has 1 aliphatic heterocycles. The van der Waals surface area contributed by atoms with Crippen LogP contribution in [0.4, 0.5) is 5.69 Å². The first-order valence-electron chi connectivity index (χ1n) is 12.0. The van der Waals surface area contributed by atoms with Crippen molar-refractivity contribution in [2.45, 2.75) is 13.0 Å². The van der Waals surface area contributed by atoms with Gasteiger partial charge >= 0.3 is 5.69 Å².